The number of nitrogens with zero attached hydrogens (tertiary/aromatic N) is 1. The van der Waals surface area contributed by atoms with E-state index in [0.717, 1.165) is 0 Å². The number of rotatable bonds is 6. The topological polar surface area (TPSA) is 81.5 Å². The number of amides is 1. The number of nitro groups is 1. The predicted octanol–water partition coefficient (Wildman–Crippen LogP) is 2.79. The molecule has 0 saturated carbocycles. The second kappa shape index (κ2) is 7.09. The van der Waals surface area contributed by atoms with Crippen molar-refractivity contribution in [3.63, 3.8) is 0 Å². The lowest BCUT2D eigenvalue weighted by atomic mass is 10.1. The summed E-state index contributed by atoms with van der Waals surface area (Å²) < 4.78 is 5.18. The fraction of sp³-hybridized carbons (Fsp3) is 0.462. The number of carbonyl (C=O) groups is 1. The van der Waals surface area contributed by atoms with Gasteiger partial charge in [-0.1, -0.05) is 25.4 Å². The molecule has 0 aliphatic rings. The van der Waals surface area contributed by atoms with Crippen LogP contribution < -0.4 is 10.1 Å². The molecule has 6 nitrogen and oxygen atoms in total. The average molecular weight is 301 g/mol. The Morgan fingerprint density at radius 1 is 1.45 bits per heavy atom. The molecule has 0 spiro atoms. The molecule has 110 valence electrons. The maximum Gasteiger partial charge on any atom is 0.312 e. The molecule has 1 rings (SSSR count). The first-order chi connectivity index (χ1) is 9.31. The molecule has 0 fully saturated rings. The molecule has 1 aromatic rings. The highest BCUT2D eigenvalue weighted by Crippen LogP contribution is 2.29. The van der Waals surface area contributed by atoms with Gasteiger partial charge in [-0.3, -0.25) is 14.9 Å². The van der Waals surface area contributed by atoms with Gasteiger partial charge >= 0.3 is 5.69 Å². The lowest BCUT2D eigenvalue weighted by molar-refractivity contribution is -0.385. The van der Waals surface area contributed by atoms with Gasteiger partial charge in [0.05, 0.1) is 4.92 Å². The normalized spacial score (nSPS) is 12.1. The lowest BCUT2D eigenvalue weighted by Crippen LogP contribution is -2.38. The summed E-state index contributed by atoms with van der Waals surface area (Å²) in [4.78, 5) is 21.9. The van der Waals surface area contributed by atoms with E-state index in [4.69, 9.17) is 16.3 Å². The van der Waals surface area contributed by atoms with Crippen molar-refractivity contribution < 1.29 is 14.5 Å². The van der Waals surface area contributed by atoms with E-state index in [1.165, 1.54) is 18.2 Å². The van der Waals surface area contributed by atoms with Crippen LogP contribution in [-0.2, 0) is 4.79 Å². The maximum absolute atomic E-state index is 11.6. The first-order valence-corrected chi connectivity index (χ1v) is 6.55. The van der Waals surface area contributed by atoms with Crippen LogP contribution in [0.5, 0.6) is 5.75 Å². The van der Waals surface area contributed by atoms with Crippen LogP contribution in [0.25, 0.3) is 0 Å². The van der Waals surface area contributed by atoms with Crippen molar-refractivity contribution in [2.45, 2.75) is 26.8 Å². The molecule has 20 heavy (non-hydrogen) atoms. The van der Waals surface area contributed by atoms with E-state index in [0.29, 0.717) is 5.92 Å². The minimum atomic E-state index is -0.601. The Hall–Kier alpha value is -1.82. The molecule has 0 radical (unpaired) electrons. The molecule has 1 amide bonds. The fourth-order valence-electron chi connectivity index (χ4n) is 1.36. The van der Waals surface area contributed by atoms with Crippen LogP contribution in [0, 0.1) is 16.0 Å². The van der Waals surface area contributed by atoms with Crippen LogP contribution in [0.15, 0.2) is 18.2 Å². The van der Waals surface area contributed by atoms with Crippen LogP contribution in [0.2, 0.25) is 5.02 Å². The van der Waals surface area contributed by atoms with Crippen molar-refractivity contribution in [2.24, 2.45) is 5.92 Å². The van der Waals surface area contributed by atoms with Crippen molar-refractivity contribution in [1.29, 1.82) is 0 Å². The number of nitrogens with one attached hydrogen (secondary N) is 1. The van der Waals surface area contributed by atoms with Crippen molar-refractivity contribution in [3.05, 3.63) is 33.3 Å². The molecule has 0 unspecified atom stereocenters. The molecule has 0 bridgehead atoms. The van der Waals surface area contributed by atoms with E-state index >= 15 is 0 Å². The molecule has 0 aliphatic heterocycles. The van der Waals surface area contributed by atoms with E-state index in [9.17, 15) is 14.9 Å². The Bertz CT molecular complexity index is 505. The van der Waals surface area contributed by atoms with Gasteiger partial charge in [-0.2, -0.15) is 0 Å². The second-order valence-corrected chi connectivity index (χ2v) is 5.19. The monoisotopic (exact) mass is 300 g/mol. The van der Waals surface area contributed by atoms with Crippen LogP contribution in [0.1, 0.15) is 20.8 Å². The minimum absolute atomic E-state index is 0.00584. The Labute approximate surface area is 122 Å². The number of nitro benzene ring substituents is 1. The summed E-state index contributed by atoms with van der Waals surface area (Å²) in [6.07, 6.45) is 0. The van der Waals surface area contributed by atoms with Crippen molar-refractivity contribution in [1.82, 2.24) is 5.32 Å². The first-order valence-electron chi connectivity index (χ1n) is 6.17. The van der Waals surface area contributed by atoms with Gasteiger partial charge in [0.15, 0.2) is 12.4 Å². The van der Waals surface area contributed by atoms with E-state index in [2.05, 4.69) is 5.32 Å². The number of hydrogen-bond donors (Lipinski definition) is 1. The second-order valence-electron chi connectivity index (χ2n) is 4.76. The lowest BCUT2D eigenvalue weighted by Gasteiger charge is -2.17. The Morgan fingerprint density at radius 3 is 2.65 bits per heavy atom. The Morgan fingerprint density at radius 2 is 2.10 bits per heavy atom. The van der Waals surface area contributed by atoms with Crippen molar-refractivity contribution in [3.8, 4) is 5.75 Å². The summed E-state index contributed by atoms with van der Waals surface area (Å²) in [5, 5.41) is 13.8. The molecule has 0 aromatic heterocycles. The predicted molar refractivity (Wildman–Crippen MR) is 76.0 cm³/mol. The molecular formula is C13H17ClN2O4. The van der Waals surface area contributed by atoms with Gasteiger partial charge in [0, 0.05) is 17.1 Å². The highest BCUT2D eigenvalue weighted by Gasteiger charge is 2.17. The Balaban J connectivity index is 2.66. The van der Waals surface area contributed by atoms with E-state index in [-0.39, 0.29) is 35.0 Å². The summed E-state index contributed by atoms with van der Waals surface area (Å²) in [5.41, 5.74) is -0.262. The van der Waals surface area contributed by atoms with E-state index in [1.54, 1.807) is 0 Å². The number of benzene rings is 1. The molecule has 7 heteroatoms. The fourth-order valence-corrected chi connectivity index (χ4v) is 1.53. The van der Waals surface area contributed by atoms with Gasteiger partial charge in [-0.15, -0.1) is 0 Å². The van der Waals surface area contributed by atoms with Crippen LogP contribution in [0.3, 0.4) is 0 Å². The quantitative estimate of drug-likeness (QED) is 0.647. The summed E-state index contributed by atoms with van der Waals surface area (Å²) in [6, 6.07) is 4.04. The molecule has 1 N–H and O–H groups in total. The third kappa shape index (κ3) is 4.70. The summed E-state index contributed by atoms with van der Waals surface area (Å²) >= 11 is 5.69. The van der Waals surface area contributed by atoms with Gasteiger partial charge in [0.2, 0.25) is 0 Å². The highest BCUT2D eigenvalue weighted by atomic mass is 35.5. The van der Waals surface area contributed by atoms with Crippen LogP contribution in [-0.4, -0.2) is 23.5 Å². The number of carbonyl (C=O) groups excluding carboxylic acids is 1. The zero-order chi connectivity index (χ0) is 15.3. The van der Waals surface area contributed by atoms with Gasteiger partial charge in [-0.25, -0.2) is 0 Å². The standard InChI is InChI=1S/C13H17ClN2O4/c1-8(2)9(3)15-13(17)7-20-12-5-4-10(14)6-11(12)16(18)19/h4-6,8-9H,7H2,1-3H3,(H,15,17)/t9-/m0/s1. The SMILES string of the molecule is CC(C)[C@H](C)NC(=O)COc1ccc(Cl)cc1[N+](=O)[O-]. The number of ether oxygens (including phenoxy) is 1. The largest absolute Gasteiger partial charge is 0.477 e. The molecule has 1 aromatic carbocycles. The number of hydrogen-bond acceptors (Lipinski definition) is 4. The molecule has 1 atom stereocenters. The molecule has 0 heterocycles. The minimum Gasteiger partial charge on any atom is -0.477 e. The van der Waals surface area contributed by atoms with Crippen molar-refractivity contribution in [2.75, 3.05) is 6.61 Å². The van der Waals surface area contributed by atoms with Crippen LogP contribution in [0.4, 0.5) is 5.69 Å². The average Bonchev–Trinajstić information content (AvgIpc) is 2.36. The third-order valence-electron chi connectivity index (χ3n) is 2.87. The maximum atomic E-state index is 11.6. The molecular weight excluding hydrogens is 284 g/mol. The summed E-state index contributed by atoms with van der Waals surface area (Å²) in [5.74, 6) is -0.00832. The summed E-state index contributed by atoms with van der Waals surface area (Å²) in [6.45, 7) is 5.57. The van der Waals surface area contributed by atoms with Gasteiger partial charge in [0.1, 0.15) is 0 Å². The first kappa shape index (κ1) is 16.2. The Kier molecular flexibility index (Phi) is 5.76. The number of halogens is 1. The third-order valence-corrected chi connectivity index (χ3v) is 3.10. The van der Waals surface area contributed by atoms with Gasteiger partial charge < -0.3 is 10.1 Å². The van der Waals surface area contributed by atoms with Crippen molar-refractivity contribution >= 4 is 23.2 Å². The van der Waals surface area contributed by atoms with Gasteiger partial charge in [-0.05, 0) is 25.0 Å². The van der Waals surface area contributed by atoms with E-state index < -0.39 is 4.92 Å². The smallest absolute Gasteiger partial charge is 0.312 e. The highest BCUT2D eigenvalue weighted by molar-refractivity contribution is 6.30. The summed E-state index contributed by atoms with van der Waals surface area (Å²) in [7, 11) is 0. The molecule has 0 saturated heterocycles. The van der Waals surface area contributed by atoms with Gasteiger partial charge in [0.25, 0.3) is 5.91 Å². The van der Waals surface area contributed by atoms with E-state index in [1.807, 2.05) is 20.8 Å². The zero-order valence-corrected chi connectivity index (χ0v) is 12.3. The zero-order valence-electron chi connectivity index (χ0n) is 11.6. The molecule has 0 aliphatic carbocycles. The van der Waals surface area contributed by atoms with Crippen LogP contribution >= 0.6 is 11.6 Å².